The third-order valence-corrected chi connectivity index (χ3v) is 4.76. The molecular formula is C19H30IN3O2. The smallest absolute Gasteiger partial charge is 0.191 e. The molecule has 0 amide bonds. The van der Waals surface area contributed by atoms with E-state index in [2.05, 4.69) is 21.7 Å². The molecule has 0 unspecified atom stereocenters. The first-order chi connectivity index (χ1) is 11.7. The van der Waals surface area contributed by atoms with Crippen LogP contribution in [0.3, 0.4) is 0 Å². The summed E-state index contributed by atoms with van der Waals surface area (Å²) < 4.78 is 5.94. The number of nitrogens with zero attached hydrogens (tertiary/aromatic N) is 1. The van der Waals surface area contributed by atoms with E-state index in [4.69, 9.17) is 4.74 Å². The van der Waals surface area contributed by atoms with Gasteiger partial charge in [-0.1, -0.05) is 18.2 Å². The average Bonchev–Trinajstić information content (AvgIpc) is 3.39. The van der Waals surface area contributed by atoms with E-state index in [1.165, 1.54) is 12.8 Å². The van der Waals surface area contributed by atoms with Crippen LogP contribution in [0, 0.1) is 5.92 Å². The van der Waals surface area contributed by atoms with Crippen molar-refractivity contribution in [2.45, 2.75) is 51.2 Å². The highest BCUT2D eigenvalue weighted by molar-refractivity contribution is 14.0. The van der Waals surface area contributed by atoms with E-state index in [0.717, 1.165) is 55.6 Å². The van der Waals surface area contributed by atoms with Gasteiger partial charge in [0.05, 0.1) is 18.8 Å². The molecular weight excluding hydrogens is 429 g/mol. The highest BCUT2D eigenvalue weighted by atomic mass is 127. The van der Waals surface area contributed by atoms with Crippen LogP contribution in [0.2, 0.25) is 0 Å². The van der Waals surface area contributed by atoms with Crippen LogP contribution in [0.4, 0.5) is 0 Å². The number of aliphatic imine (C=N–C) groups is 1. The van der Waals surface area contributed by atoms with E-state index in [1.807, 2.05) is 25.1 Å². The maximum Gasteiger partial charge on any atom is 0.191 e. The summed E-state index contributed by atoms with van der Waals surface area (Å²) in [6.45, 7) is 4.77. The van der Waals surface area contributed by atoms with Crippen molar-refractivity contribution in [3.8, 4) is 5.75 Å². The molecule has 5 nitrogen and oxygen atoms in total. The third kappa shape index (κ3) is 6.33. The van der Waals surface area contributed by atoms with Gasteiger partial charge in [0, 0.05) is 18.7 Å². The van der Waals surface area contributed by atoms with E-state index >= 15 is 0 Å². The molecule has 3 N–H and O–H groups in total. The third-order valence-electron chi connectivity index (χ3n) is 4.76. The number of nitrogens with one attached hydrogen (secondary N) is 2. The van der Waals surface area contributed by atoms with Crippen molar-refractivity contribution in [1.29, 1.82) is 0 Å². The zero-order chi connectivity index (χ0) is 16.8. The summed E-state index contributed by atoms with van der Waals surface area (Å²) in [6, 6.07) is 8.11. The Morgan fingerprint density at radius 1 is 1.28 bits per heavy atom. The Morgan fingerprint density at radius 2 is 2.04 bits per heavy atom. The van der Waals surface area contributed by atoms with Gasteiger partial charge in [-0.05, 0) is 51.0 Å². The summed E-state index contributed by atoms with van der Waals surface area (Å²) in [5.41, 5.74) is 0.541. The quantitative estimate of drug-likeness (QED) is 0.318. The molecule has 2 aliphatic carbocycles. The fourth-order valence-electron chi connectivity index (χ4n) is 2.78. The molecule has 6 heteroatoms. The fraction of sp³-hybridized carbons (Fsp3) is 0.632. The summed E-state index contributed by atoms with van der Waals surface area (Å²) in [7, 11) is 0. The Hall–Kier alpha value is -1.02. The van der Waals surface area contributed by atoms with Crippen LogP contribution in [-0.4, -0.2) is 36.4 Å². The molecule has 25 heavy (non-hydrogen) atoms. The summed E-state index contributed by atoms with van der Waals surface area (Å²) in [5, 5.41) is 16.7. The lowest BCUT2D eigenvalue weighted by Gasteiger charge is -2.37. The topological polar surface area (TPSA) is 65.9 Å². The zero-order valence-electron chi connectivity index (χ0n) is 15.0. The maximum absolute atomic E-state index is 10.2. The minimum Gasteiger partial charge on any atom is -0.493 e. The monoisotopic (exact) mass is 459 g/mol. The number of hydrogen-bond acceptors (Lipinski definition) is 3. The van der Waals surface area contributed by atoms with Gasteiger partial charge in [-0.2, -0.15) is 0 Å². The van der Waals surface area contributed by atoms with E-state index in [0.29, 0.717) is 13.1 Å². The molecule has 2 aliphatic rings. The van der Waals surface area contributed by atoms with Gasteiger partial charge in [0.15, 0.2) is 5.96 Å². The number of guanidine groups is 1. The molecule has 0 aromatic heterocycles. The second-order valence-corrected chi connectivity index (χ2v) is 6.99. The minimum absolute atomic E-state index is 0. The molecule has 0 radical (unpaired) electrons. The Balaban J connectivity index is 0.00000225. The Labute approximate surface area is 167 Å². The van der Waals surface area contributed by atoms with Crippen LogP contribution in [-0.2, 0) is 6.54 Å². The van der Waals surface area contributed by atoms with E-state index < -0.39 is 5.60 Å². The van der Waals surface area contributed by atoms with Crippen molar-refractivity contribution in [1.82, 2.24) is 10.6 Å². The van der Waals surface area contributed by atoms with Gasteiger partial charge in [-0.3, -0.25) is 0 Å². The van der Waals surface area contributed by atoms with Crippen molar-refractivity contribution < 1.29 is 9.84 Å². The lowest BCUT2D eigenvalue weighted by Crippen LogP contribution is -2.50. The Morgan fingerprint density at radius 3 is 2.68 bits per heavy atom. The molecule has 2 saturated carbocycles. The largest absolute Gasteiger partial charge is 0.493 e. The van der Waals surface area contributed by atoms with Crippen LogP contribution < -0.4 is 15.4 Å². The van der Waals surface area contributed by atoms with Crippen LogP contribution in [0.15, 0.2) is 29.3 Å². The number of para-hydroxylation sites is 1. The summed E-state index contributed by atoms with van der Waals surface area (Å²) in [5.74, 6) is 2.42. The van der Waals surface area contributed by atoms with Crippen LogP contribution in [0.1, 0.15) is 44.6 Å². The fourth-order valence-corrected chi connectivity index (χ4v) is 2.78. The summed E-state index contributed by atoms with van der Waals surface area (Å²) in [4.78, 5) is 4.65. The van der Waals surface area contributed by atoms with Crippen molar-refractivity contribution in [3.63, 3.8) is 0 Å². The highest BCUT2D eigenvalue weighted by Gasteiger charge is 2.34. The molecule has 0 aliphatic heterocycles. The molecule has 0 bridgehead atoms. The van der Waals surface area contributed by atoms with Gasteiger partial charge in [0.2, 0.25) is 0 Å². The van der Waals surface area contributed by atoms with Gasteiger partial charge in [0.1, 0.15) is 5.75 Å². The highest BCUT2D eigenvalue weighted by Crippen LogP contribution is 2.31. The normalized spacial score (nSPS) is 18.7. The van der Waals surface area contributed by atoms with E-state index in [-0.39, 0.29) is 24.0 Å². The van der Waals surface area contributed by atoms with Gasteiger partial charge in [-0.15, -0.1) is 24.0 Å². The number of rotatable bonds is 8. The van der Waals surface area contributed by atoms with Crippen molar-refractivity contribution in [2.75, 3.05) is 19.7 Å². The Kier molecular flexibility index (Phi) is 7.81. The van der Waals surface area contributed by atoms with Crippen LogP contribution >= 0.6 is 24.0 Å². The molecule has 3 rings (SSSR count). The second-order valence-electron chi connectivity index (χ2n) is 6.99. The molecule has 0 saturated heterocycles. The minimum atomic E-state index is -0.554. The van der Waals surface area contributed by atoms with Gasteiger partial charge >= 0.3 is 0 Å². The van der Waals surface area contributed by atoms with Crippen molar-refractivity contribution in [2.24, 2.45) is 10.9 Å². The number of benzene rings is 1. The predicted octanol–water partition coefficient (Wildman–Crippen LogP) is 3.06. The molecule has 0 atom stereocenters. The van der Waals surface area contributed by atoms with Gasteiger partial charge in [0.25, 0.3) is 0 Å². The first-order valence-electron chi connectivity index (χ1n) is 9.14. The number of aliphatic hydroxyl groups is 1. The molecule has 1 aromatic rings. The molecule has 2 fully saturated rings. The lowest BCUT2D eigenvalue weighted by atomic mass is 9.80. The average molecular weight is 459 g/mol. The van der Waals surface area contributed by atoms with E-state index in [9.17, 15) is 5.11 Å². The van der Waals surface area contributed by atoms with Crippen LogP contribution in [0.5, 0.6) is 5.75 Å². The maximum atomic E-state index is 10.2. The summed E-state index contributed by atoms with van der Waals surface area (Å²) in [6.07, 6.45) is 5.43. The SMILES string of the molecule is CCNC(=NCc1ccccc1OCC1CC1)NCC1(O)CCC1.I. The number of hydrogen-bond donors (Lipinski definition) is 3. The van der Waals surface area contributed by atoms with Gasteiger partial charge < -0.3 is 20.5 Å². The molecule has 140 valence electrons. The predicted molar refractivity (Wildman–Crippen MR) is 112 cm³/mol. The lowest BCUT2D eigenvalue weighted by molar-refractivity contribution is -0.0279. The summed E-state index contributed by atoms with van der Waals surface area (Å²) >= 11 is 0. The van der Waals surface area contributed by atoms with Gasteiger partial charge in [-0.25, -0.2) is 4.99 Å². The number of halogens is 1. The first-order valence-corrected chi connectivity index (χ1v) is 9.14. The first kappa shape index (κ1) is 20.3. The number of ether oxygens (including phenoxy) is 1. The molecule has 0 heterocycles. The second kappa shape index (κ2) is 9.62. The standard InChI is InChI=1S/C19H29N3O2.HI/c1-2-20-18(22-14-19(23)10-5-11-19)21-12-16-6-3-4-7-17(16)24-13-15-8-9-15;/h3-4,6-7,15,23H,2,5,8-14H2,1H3,(H2,20,21,22);1H. The van der Waals surface area contributed by atoms with Crippen molar-refractivity contribution >= 4 is 29.9 Å². The zero-order valence-corrected chi connectivity index (χ0v) is 17.3. The van der Waals surface area contributed by atoms with E-state index in [1.54, 1.807) is 0 Å². The molecule has 1 aromatic carbocycles. The van der Waals surface area contributed by atoms with Crippen molar-refractivity contribution in [3.05, 3.63) is 29.8 Å². The van der Waals surface area contributed by atoms with Crippen LogP contribution in [0.25, 0.3) is 0 Å². The molecule has 0 spiro atoms. The Bertz CT molecular complexity index is 572.